The second-order valence-electron chi connectivity index (χ2n) is 5.79. The summed E-state index contributed by atoms with van der Waals surface area (Å²) in [5.74, 6) is 1.08. The van der Waals surface area contributed by atoms with Crippen LogP contribution < -0.4 is 0 Å². The third-order valence-electron chi connectivity index (χ3n) is 4.25. The molecule has 0 N–H and O–H groups in total. The lowest BCUT2D eigenvalue weighted by atomic mass is 10.1. The van der Waals surface area contributed by atoms with Crippen LogP contribution in [0.4, 0.5) is 0 Å². The van der Waals surface area contributed by atoms with Gasteiger partial charge in [-0.3, -0.25) is 4.57 Å². The summed E-state index contributed by atoms with van der Waals surface area (Å²) in [6.07, 6.45) is 0.830. The first-order valence-corrected chi connectivity index (χ1v) is 7.89. The maximum atomic E-state index is 4.89. The van der Waals surface area contributed by atoms with Crippen LogP contribution in [0.2, 0.25) is 0 Å². The normalized spacial score (nSPS) is 11.0. The first kappa shape index (κ1) is 13.8. The molecule has 0 atom stereocenters. The Labute approximate surface area is 136 Å². The molecular formula is C21H18N2. The van der Waals surface area contributed by atoms with Crippen molar-refractivity contribution >= 4 is 11.0 Å². The topological polar surface area (TPSA) is 17.8 Å². The SMILES string of the molecule is Cc1ccccc1Cc1nc2ccccc2n1-c1ccccc1. The highest BCUT2D eigenvalue weighted by Crippen LogP contribution is 2.24. The molecule has 0 fully saturated rings. The number of aromatic nitrogens is 2. The molecule has 112 valence electrons. The van der Waals surface area contributed by atoms with Crippen LogP contribution in [0.5, 0.6) is 0 Å². The molecule has 1 heterocycles. The number of aryl methyl sites for hydroxylation is 1. The fraction of sp³-hybridized carbons (Fsp3) is 0.0952. The van der Waals surface area contributed by atoms with Crippen molar-refractivity contribution in [3.05, 3.63) is 95.8 Å². The van der Waals surface area contributed by atoms with E-state index in [0.29, 0.717) is 0 Å². The van der Waals surface area contributed by atoms with Gasteiger partial charge >= 0.3 is 0 Å². The second kappa shape index (κ2) is 5.73. The molecule has 1 aromatic heterocycles. The van der Waals surface area contributed by atoms with Gasteiger partial charge in [-0.2, -0.15) is 0 Å². The van der Waals surface area contributed by atoms with E-state index in [1.54, 1.807) is 0 Å². The summed E-state index contributed by atoms with van der Waals surface area (Å²) in [5, 5.41) is 0. The van der Waals surface area contributed by atoms with Crippen LogP contribution in [0.3, 0.4) is 0 Å². The zero-order valence-corrected chi connectivity index (χ0v) is 13.1. The number of nitrogens with zero attached hydrogens (tertiary/aromatic N) is 2. The molecule has 0 saturated heterocycles. The molecule has 4 rings (SSSR count). The minimum Gasteiger partial charge on any atom is -0.296 e. The van der Waals surface area contributed by atoms with Gasteiger partial charge in [-0.15, -0.1) is 0 Å². The molecule has 0 aliphatic heterocycles. The third-order valence-corrected chi connectivity index (χ3v) is 4.25. The van der Waals surface area contributed by atoms with Gasteiger partial charge in [0.2, 0.25) is 0 Å². The van der Waals surface area contributed by atoms with Gasteiger partial charge in [0.1, 0.15) is 5.82 Å². The van der Waals surface area contributed by atoms with E-state index < -0.39 is 0 Å². The molecule has 0 spiro atoms. The predicted octanol–water partition coefficient (Wildman–Crippen LogP) is 4.92. The Kier molecular flexibility index (Phi) is 3.43. The Morgan fingerprint density at radius 3 is 2.30 bits per heavy atom. The molecule has 23 heavy (non-hydrogen) atoms. The van der Waals surface area contributed by atoms with E-state index in [0.717, 1.165) is 29.0 Å². The maximum Gasteiger partial charge on any atom is 0.118 e. The summed E-state index contributed by atoms with van der Waals surface area (Å²) in [4.78, 5) is 4.89. The van der Waals surface area contributed by atoms with Gasteiger partial charge in [-0.25, -0.2) is 4.98 Å². The summed E-state index contributed by atoms with van der Waals surface area (Å²) in [7, 11) is 0. The van der Waals surface area contributed by atoms with E-state index >= 15 is 0 Å². The van der Waals surface area contributed by atoms with Crippen molar-refractivity contribution < 1.29 is 0 Å². The standard InChI is InChI=1S/C21H18N2/c1-16-9-5-6-10-17(16)15-21-22-19-13-7-8-14-20(19)23(21)18-11-3-2-4-12-18/h2-14H,15H2,1H3. The molecular weight excluding hydrogens is 280 g/mol. The smallest absolute Gasteiger partial charge is 0.118 e. The third kappa shape index (κ3) is 2.53. The molecule has 0 bridgehead atoms. The number of hydrogen-bond donors (Lipinski definition) is 0. The zero-order valence-electron chi connectivity index (χ0n) is 13.1. The first-order valence-electron chi connectivity index (χ1n) is 7.89. The average Bonchev–Trinajstić information content (AvgIpc) is 2.95. The quantitative estimate of drug-likeness (QED) is 0.524. The van der Waals surface area contributed by atoms with E-state index in [1.165, 1.54) is 11.1 Å². The van der Waals surface area contributed by atoms with E-state index in [2.05, 4.69) is 78.2 Å². The van der Waals surface area contributed by atoms with Crippen molar-refractivity contribution in [1.29, 1.82) is 0 Å². The number of fused-ring (bicyclic) bond motifs is 1. The summed E-state index contributed by atoms with van der Waals surface area (Å²) < 4.78 is 2.27. The fourth-order valence-electron chi connectivity index (χ4n) is 3.04. The minimum absolute atomic E-state index is 0.830. The van der Waals surface area contributed by atoms with Crippen molar-refractivity contribution in [3.63, 3.8) is 0 Å². The zero-order chi connectivity index (χ0) is 15.6. The van der Waals surface area contributed by atoms with Gasteiger partial charge in [0.05, 0.1) is 11.0 Å². The highest BCUT2D eigenvalue weighted by molar-refractivity contribution is 5.78. The Balaban J connectivity index is 1.91. The number of imidazole rings is 1. The lowest BCUT2D eigenvalue weighted by molar-refractivity contribution is 0.927. The lowest BCUT2D eigenvalue weighted by Crippen LogP contribution is -2.03. The van der Waals surface area contributed by atoms with Crippen LogP contribution in [0.1, 0.15) is 17.0 Å². The molecule has 0 aliphatic rings. The summed E-state index contributed by atoms with van der Waals surface area (Å²) in [6, 6.07) is 27.3. The Morgan fingerprint density at radius 1 is 0.783 bits per heavy atom. The molecule has 4 aromatic rings. The van der Waals surface area contributed by atoms with Gasteiger partial charge in [0.25, 0.3) is 0 Å². The van der Waals surface area contributed by atoms with Crippen LogP contribution in [-0.2, 0) is 6.42 Å². The van der Waals surface area contributed by atoms with E-state index in [1.807, 2.05) is 12.1 Å². The van der Waals surface area contributed by atoms with Crippen molar-refractivity contribution in [1.82, 2.24) is 9.55 Å². The van der Waals surface area contributed by atoms with Gasteiger partial charge in [-0.05, 0) is 42.3 Å². The van der Waals surface area contributed by atoms with Crippen molar-refractivity contribution in [2.45, 2.75) is 13.3 Å². The molecule has 0 amide bonds. The summed E-state index contributed by atoms with van der Waals surface area (Å²) >= 11 is 0. The van der Waals surface area contributed by atoms with Crippen molar-refractivity contribution in [3.8, 4) is 5.69 Å². The number of para-hydroxylation sites is 3. The fourth-order valence-corrected chi connectivity index (χ4v) is 3.04. The molecule has 0 saturated carbocycles. The lowest BCUT2D eigenvalue weighted by Gasteiger charge is -2.10. The number of hydrogen-bond acceptors (Lipinski definition) is 1. The highest BCUT2D eigenvalue weighted by Gasteiger charge is 2.13. The van der Waals surface area contributed by atoms with Crippen LogP contribution >= 0.6 is 0 Å². The van der Waals surface area contributed by atoms with E-state index in [-0.39, 0.29) is 0 Å². The minimum atomic E-state index is 0.830. The van der Waals surface area contributed by atoms with Gasteiger partial charge in [0.15, 0.2) is 0 Å². The maximum absolute atomic E-state index is 4.89. The predicted molar refractivity (Wildman–Crippen MR) is 95.1 cm³/mol. The largest absolute Gasteiger partial charge is 0.296 e. The molecule has 2 heteroatoms. The molecule has 3 aromatic carbocycles. The van der Waals surface area contributed by atoms with Crippen LogP contribution in [-0.4, -0.2) is 9.55 Å². The monoisotopic (exact) mass is 298 g/mol. The molecule has 0 aliphatic carbocycles. The Bertz CT molecular complexity index is 952. The molecule has 0 radical (unpaired) electrons. The average molecular weight is 298 g/mol. The van der Waals surface area contributed by atoms with E-state index in [4.69, 9.17) is 4.98 Å². The summed E-state index contributed by atoms with van der Waals surface area (Å²) in [5.41, 5.74) is 5.98. The van der Waals surface area contributed by atoms with Crippen LogP contribution in [0.15, 0.2) is 78.9 Å². The summed E-state index contributed by atoms with van der Waals surface area (Å²) in [6.45, 7) is 2.16. The number of rotatable bonds is 3. The molecule has 2 nitrogen and oxygen atoms in total. The van der Waals surface area contributed by atoms with Crippen molar-refractivity contribution in [2.24, 2.45) is 0 Å². The first-order chi connectivity index (χ1) is 11.3. The van der Waals surface area contributed by atoms with Gasteiger partial charge in [0, 0.05) is 12.1 Å². The Hall–Kier alpha value is -2.87. The second-order valence-corrected chi connectivity index (χ2v) is 5.79. The highest BCUT2D eigenvalue weighted by atomic mass is 15.1. The van der Waals surface area contributed by atoms with Crippen molar-refractivity contribution in [2.75, 3.05) is 0 Å². The van der Waals surface area contributed by atoms with Gasteiger partial charge in [-0.1, -0.05) is 54.6 Å². The number of benzene rings is 3. The molecule has 0 unspecified atom stereocenters. The van der Waals surface area contributed by atoms with Crippen LogP contribution in [0.25, 0.3) is 16.7 Å². The van der Waals surface area contributed by atoms with Crippen LogP contribution in [0, 0.1) is 6.92 Å². The van der Waals surface area contributed by atoms with E-state index in [9.17, 15) is 0 Å². The Morgan fingerprint density at radius 2 is 1.48 bits per heavy atom. The van der Waals surface area contributed by atoms with Gasteiger partial charge < -0.3 is 0 Å².